The summed E-state index contributed by atoms with van der Waals surface area (Å²) in [6, 6.07) is 19.1. The second-order valence-corrected chi connectivity index (χ2v) is 7.46. The second kappa shape index (κ2) is 8.10. The largest absolute Gasteiger partial charge is 0.440 e. The molecule has 0 atom stereocenters. The Balaban J connectivity index is 1.45. The molecule has 29 heavy (non-hydrogen) atoms. The van der Waals surface area contributed by atoms with E-state index in [-0.39, 0.29) is 5.91 Å². The van der Waals surface area contributed by atoms with Crippen LogP contribution in [0.5, 0.6) is 0 Å². The summed E-state index contributed by atoms with van der Waals surface area (Å²) in [7, 11) is 0. The lowest BCUT2D eigenvalue weighted by Crippen LogP contribution is -2.11. The molecule has 0 radical (unpaired) electrons. The minimum Gasteiger partial charge on any atom is -0.440 e. The van der Waals surface area contributed by atoms with E-state index in [2.05, 4.69) is 29.4 Å². The van der Waals surface area contributed by atoms with Crippen molar-refractivity contribution in [1.82, 2.24) is 4.98 Å². The maximum Gasteiger partial charge on any atom is 0.255 e. The number of aryl methyl sites for hydroxylation is 2. The molecule has 0 spiro atoms. The molecule has 0 bridgehead atoms. The van der Waals surface area contributed by atoms with Gasteiger partial charge in [-0.15, -0.1) is 0 Å². The van der Waals surface area contributed by atoms with Crippen LogP contribution >= 0.6 is 11.6 Å². The first-order valence-corrected chi connectivity index (χ1v) is 9.94. The molecule has 1 amide bonds. The molecule has 1 heterocycles. The first-order chi connectivity index (χ1) is 14.0. The summed E-state index contributed by atoms with van der Waals surface area (Å²) in [6.45, 7) is 4.03. The van der Waals surface area contributed by atoms with Crippen LogP contribution in [-0.2, 0) is 12.8 Å². The number of hydrogen-bond acceptors (Lipinski definition) is 3. The van der Waals surface area contributed by atoms with E-state index in [1.165, 1.54) is 5.56 Å². The first kappa shape index (κ1) is 19.2. The van der Waals surface area contributed by atoms with Crippen LogP contribution in [-0.4, -0.2) is 10.9 Å². The quantitative estimate of drug-likeness (QED) is 0.431. The number of amides is 1. The van der Waals surface area contributed by atoms with Crippen molar-refractivity contribution in [3.05, 3.63) is 93.8 Å². The summed E-state index contributed by atoms with van der Waals surface area (Å²) in [5, 5.41) is 3.47. The highest BCUT2D eigenvalue weighted by molar-refractivity contribution is 6.31. The van der Waals surface area contributed by atoms with Gasteiger partial charge in [-0.3, -0.25) is 4.79 Å². The van der Waals surface area contributed by atoms with Crippen molar-refractivity contribution < 1.29 is 9.21 Å². The molecule has 0 saturated carbocycles. The standard InChI is InChI=1S/C24H21ClN2O2/c1-3-16-7-11-22-21(12-16)27-23(29-22)13-17-5-9-19(10-6-17)26-24(28)18-8-4-15(2)20(25)14-18/h4-12,14H,3,13H2,1-2H3,(H,26,28). The second-order valence-electron chi connectivity index (χ2n) is 7.06. The van der Waals surface area contributed by atoms with E-state index in [1.54, 1.807) is 12.1 Å². The Bertz CT molecular complexity index is 1180. The van der Waals surface area contributed by atoms with Gasteiger partial charge in [0.15, 0.2) is 11.5 Å². The minimum absolute atomic E-state index is 0.190. The molecule has 1 aromatic heterocycles. The Morgan fingerprint density at radius 2 is 1.79 bits per heavy atom. The summed E-state index contributed by atoms with van der Waals surface area (Å²) < 4.78 is 5.85. The van der Waals surface area contributed by atoms with Crippen molar-refractivity contribution in [3.63, 3.8) is 0 Å². The van der Waals surface area contributed by atoms with Gasteiger partial charge in [0.05, 0.1) is 0 Å². The summed E-state index contributed by atoms with van der Waals surface area (Å²) in [4.78, 5) is 17.0. The lowest BCUT2D eigenvalue weighted by Gasteiger charge is -2.07. The van der Waals surface area contributed by atoms with Crippen LogP contribution in [0.3, 0.4) is 0 Å². The van der Waals surface area contributed by atoms with E-state index in [0.717, 1.165) is 34.3 Å². The Morgan fingerprint density at radius 1 is 1.03 bits per heavy atom. The number of hydrogen-bond donors (Lipinski definition) is 1. The number of anilines is 1. The number of nitrogens with one attached hydrogen (secondary N) is 1. The van der Waals surface area contributed by atoms with Crippen molar-refractivity contribution in [2.45, 2.75) is 26.7 Å². The predicted octanol–water partition coefficient (Wildman–Crippen LogP) is 6.20. The van der Waals surface area contributed by atoms with Crippen molar-refractivity contribution in [2.24, 2.45) is 0 Å². The molecule has 1 N–H and O–H groups in total. The number of benzene rings is 3. The van der Waals surface area contributed by atoms with Gasteiger partial charge < -0.3 is 9.73 Å². The third-order valence-electron chi connectivity index (χ3n) is 4.91. The van der Waals surface area contributed by atoms with E-state index < -0.39 is 0 Å². The third kappa shape index (κ3) is 4.33. The van der Waals surface area contributed by atoms with Gasteiger partial charge in [-0.05, 0) is 66.4 Å². The summed E-state index contributed by atoms with van der Waals surface area (Å²) in [5.41, 5.74) is 6.19. The maximum absolute atomic E-state index is 12.4. The number of carbonyl (C=O) groups excluding carboxylic acids is 1. The van der Waals surface area contributed by atoms with E-state index in [4.69, 9.17) is 16.0 Å². The van der Waals surface area contributed by atoms with Crippen LogP contribution in [0.1, 0.15) is 39.9 Å². The number of halogens is 1. The highest BCUT2D eigenvalue weighted by Crippen LogP contribution is 2.21. The molecule has 0 aliphatic rings. The Labute approximate surface area is 174 Å². The van der Waals surface area contributed by atoms with Gasteiger partial charge in [0.25, 0.3) is 5.91 Å². The van der Waals surface area contributed by atoms with Gasteiger partial charge in [0.2, 0.25) is 0 Å². The van der Waals surface area contributed by atoms with Crippen molar-refractivity contribution >= 4 is 34.3 Å². The lowest BCUT2D eigenvalue weighted by molar-refractivity contribution is 0.102. The number of fused-ring (bicyclic) bond motifs is 1. The van der Waals surface area contributed by atoms with Crippen LogP contribution in [0.4, 0.5) is 5.69 Å². The fourth-order valence-electron chi connectivity index (χ4n) is 3.13. The van der Waals surface area contributed by atoms with E-state index in [1.807, 2.05) is 43.3 Å². The molecular formula is C24H21ClN2O2. The van der Waals surface area contributed by atoms with Crippen LogP contribution < -0.4 is 5.32 Å². The van der Waals surface area contributed by atoms with Crippen molar-refractivity contribution in [1.29, 1.82) is 0 Å². The molecule has 5 heteroatoms. The fourth-order valence-corrected chi connectivity index (χ4v) is 3.31. The number of oxazole rings is 1. The smallest absolute Gasteiger partial charge is 0.255 e. The average Bonchev–Trinajstić information content (AvgIpc) is 3.12. The van der Waals surface area contributed by atoms with Gasteiger partial charge >= 0.3 is 0 Å². The number of aromatic nitrogens is 1. The molecule has 0 saturated heterocycles. The molecular weight excluding hydrogens is 384 g/mol. The third-order valence-corrected chi connectivity index (χ3v) is 5.31. The monoisotopic (exact) mass is 404 g/mol. The maximum atomic E-state index is 12.4. The van der Waals surface area contributed by atoms with E-state index in [9.17, 15) is 4.79 Å². The highest BCUT2D eigenvalue weighted by atomic mass is 35.5. The minimum atomic E-state index is -0.190. The zero-order valence-electron chi connectivity index (χ0n) is 16.3. The van der Waals surface area contributed by atoms with Gasteiger partial charge in [-0.25, -0.2) is 4.98 Å². The van der Waals surface area contributed by atoms with Crippen LogP contribution in [0, 0.1) is 6.92 Å². The topological polar surface area (TPSA) is 55.1 Å². The molecule has 146 valence electrons. The number of nitrogens with zero attached hydrogens (tertiary/aromatic N) is 1. The average molecular weight is 405 g/mol. The summed E-state index contributed by atoms with van der Waals surface area (Å²) >= 11 is 6.11. The SMILES string of the molecule is CCc1ccc2oc(Cc3ccc(NC(=O)c4ccc(C)c(Cl)c4)cc3)nc2c1. The lowest BCUT2D eigenvalue weighted by atomic mass is 10.1. The molecule has 4 aromatic rings. The van der Waals surface area contributed by atoms with E-state index >= 15 is 0 Å². The van der Waals surface area contributed by atoms with Gasteiger partial charge in [0, 0.05) is 22.7 Å². The van der Waals surface area contributed by atoms with Crippen LogP contribution in [0.25, 0.3) is 11.1 Å². The van der Waals surface area contributed by atoms with Crippen molar-refractivity contribution in [3.8, 4) is 0 Å². The van der Waals surface area contributed by atoms with Gasteiger partial charge in [-0.1, -0.05) is 42.8 Å². The molecule has 0 unspecified atom stereocenters. The number of carbonyl (C=O) groups is 1. The predicted molar refractivity (Wildman–Crippen MR) is 117 cm³/mol. The van der Waals surface area contributed by atoms with Gasteiger partial charge in [-0.2, -0.15) is 0 Å². The van der Waals surface area contributed by atoms with E-state index in [0.29, 0.717) is 22.9 Å². The number of rotatable bonds is 5. The van der Waals surface area contributed by atoms with Crippen LogP contribution in [0.15, 0.2) is 65.1 Å². The molecule has 3 aromatic carbocycles. The summed E-state index contributed by atoms with van der Waals surface area (Å²) in [6.07, 6.45) is 1.57. The molecule has 4 nitrogen and oxygen atoms in total. The fraction of sp³-hybridized carbons (Fsp3) is 0.167. The summed E-state index contributed by atoms with van der Waals surface area (Å²) in [5.74, 6) is 0.490. The first-order valence-electron chi connectivity index (χ1n) is 9.56. The Morgan fingerprint density at radius 3 is 2.52 bits per heavy atom. The molecule has 0 fully saturated rings. The Hall–Kier alpha value is -3.11. The van der Waals surface area contributed by atoms with Gasteiger partial charge in [0.1, 0.15) is 5.52 Å². The zero-order chi connectivity index (χ0) is 20.4. The normalized spacial score (nSPS) is 11.0. The molecule has 0 aliphatic heterocycles. The van der Waals surface area contributed by atoms with Crippen molar-refractivity contribution in [2.75, 3.05) is 5.32 Å². The Kier molecular flexibility index (Phi) is 5.36. The zero-order valence-corrected chi connectivity index (χ0v) is 17.1. The molecule has 4 rings (SSSR count). The van der Waals surface area contributed by atoms with Crippen LogP contribution in [0.2, 0.25) is 5.02 Å². The molecule has 0 aliphatic carbocycles. The highest BCUT2D eigenvalue weighted by Gasteiger charge is 2.10.